The zero-order valence-corrected chi connectivity index (χ0v) is 11.8. The van der Waals surface area contributed by atoms with E-state index in [1.54, 1.807) is 0 Å². The van der Waals surface area contributed by atoms with Crippen LogP contribution in [0.3, 0.4) is 0 Å². The summed E-state index contributed by atoms with van der Waals surface area (Å²) >= 11 is 0. The smallest absolute Gasteiger partial charge is 0.217 e. The number of unbranched alkanes of at least 4 members (excludes halogenated alkanes) is 8. The molecule has 0 bridgehead atoms. The number of rotatable bonds is 12. The number of carbonyl (C=O) groups excluding carboxylic acids is 1. The highest BCUT2D eigenvalue weighted by molar-refractivity contribution is 5.73. The second-order valence-electron chi connectivity index (χ2n) is 5.39. The van der Waals surface area contributed by atoms with Gasteiger partial charge in [0.2, 0.25) is 5.91 Å². The highest BCUT2D eigenvalue weighted by Crippen LogP contribution is 2.15. The molecule has 0 aromatic carbocycles. The van der Waals surface area contributed by atoms with E-state index < -0.39 is 0 Å². The molecule has 0 fully saturated rings. The first kappa shape index (κ1) is 16.5. The Labute approximate surface area is 107 Å². The van der Waals surface area contributed by atoms with Crippen LogP contribution in [-0.4, -0.2) is 5.91 Å². The molecule has 0 spiro atoms. The zero-order valence-electron chi connectivity index (χ0n) is 11.8. The molecule has 0 radical (unpaired) electrons. The summed E-state index contributed by atoms with van der Waals surface area (Å²) in [7, 11) is 0. The summed E-state index contributed by atoms with van der Waals surface area (Å²) in [4.78, 5) is 10.7. The van der Waals surface area contributed by atoms with Crippen LogP contribution in [0.25, 0.3) is 0 Å². The van der Waals surface area contributed by atoms with E-state index in [1.807, 2.05) is 0 Å². The van der Waals surface area contributed by atoms with Crippen LogP contribution in [0, 0.1) is 5.92 Å². The minimum absolute atomic E-state index is 0.159. The Balaban J connectivity index is 3.10. The molecule has 1 unspecified atom stereocenters. The van der Waals surface area contributed by atoms with Crippen molar-refractivity contribution in [1.82, 2.24) is 0 Å². The van der Waals surface area contributed by atoms with Gasteiger partial charge in [0, 0.05) is 6.42 Å². The van der Waals surface area contributed by atoms with E-state index >= 15 is 0 Å². The van der Waals surface area contributed by atoms with E-state index in [-0.39, 0.29) is 5.91 Å². The van der Waals surface area contributed by atoms with Crippen molar-refractivity contribution in [2.75, 3.05) is 0 Å². The molecule has 0 saturated heterocycles. The zero-order chi connectivity index (χ0) is 12.9. The Morgan fingerprint density at radius 1 is 0.941 bits per heavy atom. The lowest BCUT2D eigenvalue weighted by atomic mass is 9.98. The molecule has 0 aliphatic rings. The maximum Gasteiger partial charge on any atom is 0.217 e. The fourth-order valence-corrected chi connectivity index (χ4v) is 2.25. The Kier molecular flexibility index (Phi) is 11.6. The predicted octanol–water partition coefficient (Wildman–Crippen LogP) is 4.42. The summed E-state index contributed by atoms with van der Waals surface area (Å²) < 4.78 is 0. The molecule has 0 rings (SSSR count). The summed E-state index contributed by atoms with van der Waals surface area (Å²) in [5.74, 6) is 0.311. The average molecular weight is 241 g/mol. The van der Waals surface area contributed by atoms with E-state index in [1.165, 1.54) is 57.8 Å². The molecule has 2 heteroatoms. The van der Waals surface area contributed by atoms with Crippen molar-refractivity contribution in [2.24, 2.45) is 11.7 Å². The van der Waals surface area contributed by atoms with Gasteiger partial charge in [0.05, 0.1) is 0 Å². The second-order valence-corrected chi connectivity index (χ2v) is 5.39. The van der Waals surface area contributed by atoms with Crippen molar-refractivity contribution in [3.05, 3.63) is 0 Å². The number of hydrogen-bond acceptors (Lipinski definition) is 1. The maximum absolute atomic E-state index is 10.7. The minimum Gasteiger partial charge on any atom is -0.370 e. The van der Waals surface area contributed by atoms with Crippen LogP contribution in [0.4, 0.5) is 0 Å². The van der Waals surface area contributed by atoms with Gasteiger partial charge in [-0.3, -0.25) is 4.79 Å². The van der Waals surface area contributed by atoms with Crippen molar-refractivity contribution >= 4 is 5.91 Å². The van der Waals surface area contributed by atoms with Crippen molar-refractivity contribution in [3.8, 4) is 0 Å². The van der Waals surface area contributed by atoms with Crippen LogP contribution in [0.1, 0.15) is 84.5 Å². The van der Waals surface area contributed by atoms with E-state index in [0.717, 1.165) is 6.42 Å². The van der Waals surface area contributed by atoms with Crippen molar-refractivity contribution in [1.29, 1.82) is 0 Å². The molecule has 17 heavy (non-hydrogen) atoms. The van der Waals surface area contributed by atoms with Crippen LogP contribution < -0.4 is 5.73 Å². The van der Waals surface area contributed by atoms with Crippen LogP contribution in [-0.2, 0) is 4.79 Å². The molecule has 0 heterocycles. The number of amides is 1. The van der Waals surface area contributed by atoms with Gasteiger partial charge in [-0.15, -0.1) is 0 Å². The lowest BCUT2D eigenvalue weighted by molar-refractivity contribution is -0.118. The Hall–Kier alpha value is -0.530. The van der Waals surface area contributed by atoms with Gasteiger partial charge < -0.3 is 5.73 Å². The molecule has 102 valence electrons. The van der Waals surface area contributed by atoms with Gasteiger partial charge in [0.1, 0.15) is 0 Å². The third-order valence-electron chi connectivity index (χ3n) is 3.35. The number of hydrogen-bond donors (Lipinski definition) is 1. The van der Waals surface area contributed by atoms with Gasteiger partial charge >= 0.3 is 0 Å². The number of nitrogens with two attached hydrogens (primary N) is 1. The van der Waals surface area contributed by atoms with Crippen molar-refractivity contribution in [3.63, 3.8) is 0 Å². The first-order chi connectivity index (χ1) is 8.16. The van der Waals surface area contributed by atoms with Crippen LogP contribution >= 0.6 is 0 Å². The fourth-order valence-electron chi connectivity index (χ4n) is 2.25. The summed E-state index contributed by atoms with van der Waals surface area (Å²) in [5.41, 5.74) is 5.16. The largest absolute Gasteiger partial charge is 0.370 e. The molecular formula is C15H31NO. The fraction of sp³-hybridized carbons (Fsp3) is 0.933. The normalized spacial score (nSPS) is 12.6. The van der Waals surface area contributed by atoms with Gasteiger partial charge in [-0.05, 0) is 5.92 Å². The van der Waals surface area contributed by atoms with E-state index in [9.17, 15) is 4.79 Å². The van der Waals surface area contributed by atoms with Gasteiger partial charge in [-0.25, -0.2) is 0 Å². The summed E-state index contributed by atoms with van der Waals surface area (Å²) in [6, 6.07) is 0. The van der Waals surface area contributed by atoms with Crippen molar-refractivity contribution < 1.29 is 4.79 Å². The topological polar surface area (TPSA) is 43.1 Å². The molecule has 1 atom stereocenters. The molecule has 0 aromatic rings. The van der Waals surface area contributed by atoms with Crippen LogP contribution in [0.2, 0.25) is 0 Å². The van der Waals surface area contributed by atoms with Crippen LogP contribution in [0.15, 0.2) is 0 Å². The second kappa shape index (κ2) is 11.9. The Morgan fingerprint density at radius 2 is 1.41 bits per heavy atom. The standard InChI is InChI=1S/C15H31NO/c1-3-4-5-6-7-8-9-10-11-12-14(2)13-15(16)17/h14H,3-13H2,1-2H3,(H2,16,17). The van der Waals surface area contributed by atoms with Gasteiger partial charge in [-0.1, -0.05) is 78.1 Å². The maximum atomic E-state index is 10.7. The highest BCUT2D eigenvalue weighted by Gasteiger charge is 2.05. The molecule has 2 N–H and O–H groups in total. The Bertz CT molecular complexity index is 180. The SMILES string of the molecule is CCCCCCCCCCCC(C)CC(N)=O. The lowest BCUT2D eigenvalue weighted by Gasteiger charge is -2.08. The minimum atomic E-state index is -0.159. The number of primary amides is 1. The summed E-state index contributed by atoms with van der Waals surface area (Å²) in [6.45, 7) is 4.38. The summed E-state index contributed by atoms with van der Waals surface area (Å²) in [5, 5.41) is 0. The van der Waals surface area contributed by atoms with Crippen molar-refractivity contribution in [2.45, 2.75) is 84.5 Å². The van der Waals surface area contributed by atoms with Gasteiger partial charge in [0.25, 0.3) is 0 Å². The highest BCUT2D eigenvalue weighted by atomic mass is 16.1. The molecule has 2 nitrogen and oxygen atoms in total. The van der Waals surface area contributed by atoms with E-state index in [2.05, 4.69) is 13.8 Å². The molecule has 0 saturated carbocycles. The molecule has 0 aliphatic heterocycles. The molecule has 1 amide bonds. The lowest BCUT2D eigenvalue weighted by Crippen LogP contribution is -2.14. The molecule has 0 aromatic heterocycles. The van der Waals surface area contributed by atoms with Gasteiger partial charge in [0.15, 0.2) is 0 Å². The van der Waals surface area contributed by atoms with E-state index in [0.29, 0.717) is 12.3 Å². The van der Waals surface area contributed by atoms with E-state index in [4.69, 9.17) is 5.73 Å². The monoisotopic (exact) mass is 241 g/mol. The Morgan fingerprint density at radius 3 is 1.88 bits per heavy atom. The number of carbonyl (C=O) groups is 1. The molecule has 0 aliphatic carbocycles. The predicted molar refractivity (Wildman–Crippen MR) is 74.8 cm³/mol. The first-order valence-corrected chi connectivity index (χ1v) is 7.45. The first-order valence-electron chi connectivity index (χ1n) is 7.45. The quantitative estimate of drug-likeness (QED) is 0.505. The summed E-state index contributed by atoms with van der Waals surface area (Å²) in [6.07, 6.45) is 14.0. The third kappa shape index (κ3) is 13.4. The molecular weight excluding hydrogens is 210 g/mol. The van der Waals surface area contributed by atoms with Crippen LogP contribution in [0.5, 0.6) is 0 Å². The average Bonchev–Trinajstić information content (AvgIpc) is 2.26. The third-order valence-corrected chi connectivity index (χ3v) is 3.35. The van der Waals surface area contributed by atoms with Gasteiger partial charge in [-0.2, -0.15) is 0 Å².